The molecule has 4 heterocycles. The fourth-order valence-electron chi connectivity index (χ4n) is 12.8. The zero-order chi connectivity index (χ0) is 46.4. The van der Waals surface area contributed by atoms with Gasteiger partial charge in [-0.15, -0.1) is 0 Å². The maximum absolute atomic E-state index is 6.70. The maximum atomic E-state index is 6.70. The summed E-state index contributed by atoms with van der Waals surface area (Å²) in [5.74, 6) is 0. The Bertz CT molecular complexity index is 4030. The van der Waals surface area contributed by atoms with Crippen molar-refractivity contribution >= 4 is 95.3 Å². The summed E-state index contributed by atoms with van der Waals surface area (Å²) in [5.41, 5.74) is 23.5. The fourth-order valence-corrected chi connectivity index (χ4v) is 12.8. The molecule has 3 aromatic heterocycles. The molecule has 0 saturated heterocycles. The van der Waals surface area contributed by atoms with Gasteiger partial charge in [0.25, 0.3) is 0 Å². The molecule has 1 aliphatic heterocycles. The summed E-state index contributed by atoms with van der Waals surface area (Å²) in [6, 6.07) is 49.8. The molecule has 1 N–H and O–H groups in total. The average molecular weight is 882 g/mol. The molecular formula is C63H54BN2O2. The average Bonchev–Trinajstić information content (AvgIpc) is 4.03. The third kappa shape index (κ3) is 5.33. The third-order valence-electron chi connectivity index (χ3n) is 16.6. The number of anilines is 2. The van der Waals surface area contributed by atoms with E-state index in [1.165, 1.54) is 77.5 Å². The van der Waals surface area contributed by atoms with Gasteiger partial charge in [0.2, 0.25) is 0 Å². The van der Waals surface area contributed by atoms with E-state index in [1.807, 2.05) is 0 Å². The lowest BCUT2D eigenvalue weighted by Crippen LogP contribution is -2.38. The Hall–Kier alpha value is -6.98. The Balaban J connectivity index is 1.18. The highest BCUT2D eigenvalue weighted by atomic mass is 16.3. The van der Waals surface area contributed by atoms with Gasteiger partial charge in [-0.3, -0.25) is 0 Å². The van der Waals surface area contributed by atoms with Crippen LogP contribution in [0.4, 0.5) is 11.4 Å². The van der Waals surface area contributed by atoms with Gasteiger partial charge in [0.05, 0.1) is 11.2 Å². The Morgan fingerprint density at radius 2 is 1.18 bits per heavy atom. The molecule has 68 heavy (non-hydrogen) atoms. The summed E-state index contributed by atoms with van der Waals surface area (Å²) in [7, 11) is 2.49. The lowest BCUT2D eigenvalue weighted by Gasteiger charge is -2.42. The first-order valence-corrected chi connectivity index (χ1v) is 24.5. The van der Waals surface area contributed by atoms with Gasteiger partial charge in [-0.05, 0) is 134 Å². The Morgan fingerprint density at radius 1 is 0.559 bits per heavy atom. The topological polar surface area (TPSA) is 43.2 Å². The molecule has 5 heteroatoms. The summed E-state index contributed by atoms with van der Waals surface area (Å²) in [4.78, 5) is 0. The predicted octanol–water partition coefficient (Wildman–Crippen LogP) is 15.9. The van der Waals surface area contributed by atoms with E-state index in [4.69, 9.17) is 8.83 Å². The molecule has 3 aliphatic rings. The van der Waals surface area contributed by atoms with Gasteiger partial charge >= 0.3 is 0 Å². The standard InChI is InChI=1S/C63H54BN2O2/c1-60(2,3)34-22-24-35(25-23-34)65-47-33-53-39(36-16-11-14-20-50(36)68-53)28-41(47)56-57-54(38-18-10-13-19-43(38)63(57,8)9)55-42-29-44-45(62(6,7)27-26-61(44,4)5)31-48(42)66-49-30-40-37-17-12-15-21-51(37)67-52(40)32-46(49)64-58(56)59(55)66/h10-25,28-33,65H,26-27H2,1-9H3. The van der Waals surface area contributed by atoms with E-state index in [-0.39, 0.29) is 21.7 Å². The van der Waals surface area contributed by atoms with E-state index in [0.717, 1.165) is 79.1 Å². The molecule has 14 rings (SSSR count). The summed E-state index contributed by atoms with van der Waals surface area (Å²) < 4.78 is 16.0. The minimum atomic E-state index is -0.342. The molecule has 8 aromatic carbocycles. The van der Waals surface area contributed by atoms with Gasteiger partial charge < -0.3 is 18.7 Å². The molecule has 2 aliphatic carbocycles. The first kappa shape index (κ1) is 40.1. The first-order valence-electron chi connectivity index (χ1n) is 24.5. The number of furan rings is 2. The van der Waals surface area contributed by atoms with Crippen LogP contribution in [-0.2, 0) is 21.7 Å². The van der Waals surface area contributed by atoms with Crippen molar-refractivity contribution in [3.8, 4) is 27.9 Å². The van der Waals surface area contributed by atoms with Gasteiger partial charge in [-0.1, -0.05) is 141 Å². The molecule has 0 unspecified atom stereocenters. The van der Waals surface area contributed by atoms with Gasteiger partial charge in [-0.25, -0.2) is 0 Å². The lowest BCUT2D eigenvalue weighted by atomic mass is 9.57. The van der Waals surface area contributed by atoms with Crippen molar-refractivity contribution in [2.75, 3.05) is 5.32 Å². The Kier molecular flexibility index (Phi) is 7.77. The van der Waals surface area contributed by atoms with E-state index in [1.54, 1.807) is 0 Å². The Labute approximate surface area is 398 Å². The molecule has 0 fully saturated rings. The highest BCUT2D eigenvalue weighted by Gasteiger charge is 2.44. The van der Waals surface area contributed by atoms with E-state index in [0.29, 0.717) is 0 Å². The van der Waals surface area contributed by atoms with Crippen LogP contribution < -0.4 is 16.2 Å². The first-order chi connectivity index (χ1) is 32.6. The molecule has 0 spiro atoms. The van der Waals surface area contributed by atoms with Crippen LogP contribution in [0.2, 0.25) is 0 Å². The zero-order valence-electron chi connectivity index (χ0n) is 40.5. The van der Waals surface area contributed by atoms with Crippen molar-refractivity contribution in [2.45, 2.75) is 96.8 Å². The molecule has 0 bridgehead atoms. The SMILES string of the molecule is CC(C)(C)c1ccc(Nc2cc3oc4ccccc4c3cc2-c2c3c(c4c5cc6c(cc5n5c4c2[B]c2cc4oc7ccccc7c4cc2-5)C(C)(C)CCC6(C)C)-c2ccccc2C3(C)C)cc1. The molecule has 1 radical (unpaired) electrons. The van der Waals surface area contributed by atoms with E-state index < -0.39 is 0 Å². The van der Waals surface area contributed by atoms with Gasteiger partial charge in [-0.2, -0.15) is 0 Å². The van der Waals surface area contributed by atoms with Crippen LogP contribution >= 0.6 is 0 Å². The van der Waals surface area contributed by atoms with Crippen molar-refractivity contribution < 1.29 is 8.83 Å². The quantitative estimate of drug-likeness (QED) is 0.180. The monoisotopic (exact) mass is 881 g/mol. The number of para-hydroxylation sites is 2. The van der Waals surface area contributed by atoms with Crippen LogP contribution in [0, 0.1) is 0 Å². The maximum Gasteiger partial charge on any atom is 0.198 e. The largest absolute Gasteiger partial charge is 0.456 e. The van der Waals surface area contributed by atoms with Crippen molar-refractivity contribution in [3.63, 3.8) is 0 Å². The summed E-state index contributed by atoms with van der Waals surface area (Å²) in [6.45, 7) is 21.5. The number of rotatable bonds is 3. The van der Waals surface area contributed by atoms with Crippen LogP contribution in [0.5, 0.6) is 0 Å². The van der Waals surface area contributed by atoms with Crippen LogP contribution in [-0.4, -0.2) is 11.8 Å². The van der Waals surface area contributed by atoms with Crippen molar-refractivity contribution in [2.24, 2.45) is 0 Å². The lowest BCUT2D eigenvalue weighted by molar-refractivity contribution is 0.332. The molecule has 0 atom stereocenters. The second kappa shape index (κ2) is 13.2. The van der Waals surface area contributed by atoms with Crippen LogP contribution in [0.25, 0.3) is 93.6 Å². The number of benzene rings is 8. The van der Waals surface area contributed by atoms with Crippen molar-refractivity contribution in [1.82, 2.24) is 4.57 Å². The van der Waals surface area contributed by atoms with Gasteiger partial charge in [0.1, 0.15) is 22.3 Å². The molecule has 331 valence electrons. The summed E-state index contributed by atoms with van der Waals surface area (Å²) >= 11 is 0. The molecule has 11 aromatic rings. The normalized spacial score (nSPS) is 16.4. The van der Waals surface area contributed by atoms with Crippen LogP contribution in [0.3, 0.4) is 0 Å². The second-order valence-corrected chi connectivity index (χ2v) is 23.0. The third-order valence-corrected chi connectivity index (χ3v) is 16.6. The number of fused-ring (bicyclic) bond motifs is 16. The van der Waals surface area contributed by atoms with Gasteiger partial charge in [0, 0.05) is 66.3 Å². The summed E-state index contributed by atoms with van der Waals surface area (Å²) in [6.07, 6.45) is 2.31. The van der Waals surface area contributed by atoms with Crippen molar-refractivity contribution in [1.29, 1.82) is 0 Å². The zero-order valence-corrected chi connectivity index (χ0v) is 40.5. The number of nitrogens with zero attached hydrogens (tertiary/aromatic N) is 1. The smallest absolute Gasteiger partial charge is 0.198 e. The number of hydrogen-bond donors (Lipinski definition) is 1. The highest BCUT2D eigenvalue weighted by Crippen LogP contribution is 2.58. The second-order valence-electron chi connectivity index (χ2n) is 23.0. The highest BCUT2D eigenvalue weighted by molar-refractivity contribution is 6.74. The predicted molar refractivity (Wildman–Crippen MR) is 287 cm³/mol. The number of aromatic nitrogens is 1. The fraction of sp³-hybridized carbons (Fsp3) is 0.238. The molecule has 4 nitrogen and oxygen atoms in total. The Morgan fingerprint density at radius 3 is 1.87 bits per heavy atom. The van der Waals surface area contributed by atoms with Crippen LogP contribution in [0.15, 0.2) is 142 Å². The summed E-state index contributed by atoms with van der Waals surface area (Å²) in [5, 5.41) is 11.2. The van der Waals surface area contributed by atoms with Crippen LogP contribution in [0.1, 0.15) is 103 Å². The van der Waals surface area contributed by atoms with E-state index in [2.05, 4.69) is 213 Å². The number of hydrogen-bond acceptors (Lipinski definition) is 3. The van der Waals surface area contributed by atoms with E-state index in [9.17, 15) is 0 Å². The minimum Gasteiger partial charge on any atom is -0.456 e. The van der Waals surface area contributed by atoms with E-state index >= 15 is 0 Å². The minimum absolute atomic E-state index is 0.0308. The molecule has 0 amide bonds. The molecule has 0 saturated carbocycles. The van der Waals surface area contributed by atoms with Gasteiger partial charge in [0.15, 0.2) is 7.28 Å². The van der Waals surface area contributed by atoms with Crippen molar-refractivity contribution in [3.05, 3.63) is 161 Å². The molecular weight excluding hydrogens is 828 g/mol. The number of nitrogens with one attached hydrogen (secondary N) is 1.